The molecule has 2 amide bonds. The van der Waals surface area contributed by atoms with Crippen LogP contribution >= 0.6 is 23.1 Å². The van der Waals surface area contributed by atoms with Crippen LogP contribution in [0.1, 0.15) is 34.5 Å². The summed E-state index contributed by atoms with van der Waals surface area (Å²) in [6, 6.07) is 0. The number of nitrogens with two attached hydrogens (primary N) is 1. The van der Waals surface area contributed by atoms with Gasteiger partial charge in [-0.05, 0) is 13.3 Å². The van der Waals surface area contributed by atoms with Crippen molar-refractivity contribution in [3.63, 3.8) is 0 Å². The molecule has 0 aliphatic heterocycles. The van der Waals surface area contributed by atoms with Crippen LogP contribution < -0.4 is 11.2 Å². The number of anilines is 1. The fraction of sp³-hybridized carbons (Fsp3) is 0.500. The second-order valence-corrected chi connectivity index (χ2v) is 7.43. The van der Waals surface area contributed by atoms with E-state index in [1.165, 1.54) is 21.3 Å². The molecule has 136 valence electrons. The standard InChI is InChI=1S/C14H21N7O2S2/c1-5-6-9-18-19-14(21(9)15)24-7-10(22)17-13-16-8(2)11(25-13)12(23)20(3)4/h5-7,15H2,1-4H3,(H,16,17,22). The molecule has 9 nitrogen and oxygen atoms in total. The fourth-order valence-corrected chi connectivity index (χ4v) is 3.62. The fourth-order valence-electron chi connectivity index (χ4n) is 1.94. The third kappa shape index (κ3) is 4.69. The van der Waals surface area contributed by atoms with Crippen LogP contribution in [0.3, 0.4) is 0 Å². The number of thioether (sulfide) groups is 1. The number of nitrogen functional groups attached to an aromatic ring is 1. The van der Waals surface area contributed by atoms with Crippen LogP contribution in [0.25, 0.3) is 0 Å². The van der Waals surface area contributed by atoms with Gasteiger partial charge in [-0.2, -0.15) is 0 Å². The summed E-state index contributed by atoms with van der Waals surface area (Å²) >= 11 is 2.36. The number of rotatable bonds is 7. The van der Waals surface area contributed by atoms with Crippen LogP contribution in [0.15, 0.2) is 5.16 Å². The van der Waals surface area contributed by atoms with E-state index in [-0.39, 0.29) is 17.6 Å². The molecule has 0 saturated heterocycles. The van der Waals surface area contributed by atoms with E-state index in [4.69, 9.17) is 5.84 Å². The zero-order chi connectivity index (χ0) is 18.6. The first-order valence-corrected chi connectivity index (χ1v) is 9.44. The zero-order valence-electron chi connectivity index (χ0n) is 14.6. The first kappa shape index (κ1) is 19.2. The normalized spacial score (nSPS) is 10.7. The van der Waals surface area contributed by atoms with Gasteiger partial charge in [0.15, 0.2) is 11.0 Å². The number of carbonyl (C=O) groups excluding carboxylic acids is 2. The number of carbonyl (C=O) groups is 2. The summed E-state index contributed by atoms with van der Waals surface area (Å²) in [5.74, 6) is 6.33. The molecule has 0 saturated carbocycles. The average molecular weight is 384 g/mol. The Hall–Kier alpha value is -2.14. The van der Waals surface area contributed by atoms with E-state index < -0.39 is 0 Å². The minimum atomic E-state index is -0.248. The lowest BCUT2D eigenvalue weighted by atomic mass is 10.3. The second-order valence-electron chi connectivity index (χ2n) is 5.49. The van der Waals surface area contributed by atoms with Gasteiger partial charge in [0.1, 0.15) is 4.88 Å². The summed E-state index contributed by atoms with van der Waals surface area (Å²) in [5.41, 5.74) is 0.595. The number of aromatic nitrogens is 4. The highest BCUT2D eigenvalue weighted by Gasteiger charge is 2.18. The monoisotopic (exact) mass is 383 g/mol. The summed E-state index contributed by atoms with van der Waals surface area (Å²) in [6.45, 7) is 3.77. The molecule has 2 aromatic heterocycles. The first-order chi connectivity index (χ1) is 11.8. The maximum atomic E-state index is 12.1. The van der Waals surface area contributed by atoms with Gasteiger partial charge >= 0.3 is 0 Å². The van der Waals surface area contributed by atoms with Gasteiger partial charge in [0.05, 0.1) is 11.4 Å². The molecule has 0 aromatic carbocycles. The Balaban J connectivity index is 1.95. The minimum absolute atomic E-state index is 0.122. The van der Waals surface area contributed by atoms with Crippen molar-refractivity contribution < 1.29 is 9.59 Å². The maximum absolute atomic E-state index is 12.1. The topological polar surface area (TPSA) is 119 Å². The maximum Gasteiger partial charge on any atom is 0.265 e. The van der Waals surface area contributed by atoms with Gasteiger partial charge < -0.3 is 16.1 Å². The van der Waals surface area contributed by atoms with Crippen LogP contribution in [0, 0.1) is 6.92 Å². The quantitative estimate of drug-likeness (QED) is 0.543. The molecule has 3 N–H and O–H groups in total. The van der Waals surface area contributed by atoms with Gasteiger partial charge in [0.25, 0.3) is 5.91 Å². The van der Waals surface area contributed by atoms with Gasteiger partial charge in [0, 0.05) is 20.5 Å². The third-order valence-corrected chi connectivity index (χ3v) is 5.19. The average Bonchev–Trinajstić information content (AvgIpc) is 3.08. The number of hydrogen-bond donors (Lipinski definition) is 2. The van der Waals surface area contributed by atoms with Crippen LogP contribution in [-0.2, 0) is 11.2 Å². The van der Waals surface area contributed by atoms with E-state index in [2.05, 4.69) is 20.5 Å². The lowest BCUT2D eigenvalue weighted by molar-refractivity contribution is -0.113. The van der Waals surface area contributed by atoms with Crippen molar-refractivity contribution in [3.8, 4) is 0 Å². The Morgan fingerprint density at radius 1 is 1.36 bits per heavy atom. The molecule has 0 atom stereocenters. The van der Waals surface area contributed by atoms with Gasteiger partial charge in [-0.25, -0.2) is 9.66 Å². The number of amides is 2. The van der Waals surface area contributed by atoms with Crippen LogP contribution in [0.2, 0.25) is 0 Å². The molecule has 0 aliphatic carbocycles. The van der Waals surface area contributed by atoms with E-state index in [9.17, 15) is 9.59 Å². The molecule has 0 aliphatic rings. The SMILES string of the molecule is CCCc1nnc(SCC(=O)Nc2nc(C)c(C(=O)N(C)C)s2)n1N. The number of thiazole rings is 1. The van der Waals surface area contributed by atoms with Crippen molar-refractivity contribution in [2.24, 2.45) is 0 Å². The van der Waals surface area contributed by atoms with Crippen molar-refractivity contribution in [1.29, 1.82) is 0 Å². The van der Waals surface area contributed by atoms with Crippen LogP contribution in [0.4, 0.5) is 5.13 Å². The van der Waals surface area contributed by atoms with E-state index in [0.717, 1.165) is 24.2 Å². The molecule has 0 radical (unpaired) electrons. The van der Waals surface area contributed by atoms with Crippen molar-refractivity contribution in [2.45, 2.75) is 31.8 Å². The van der Waals surface area contributed by atoms with E-state index in [1.807, 2.05) is 6.92 Å². The Labute approximate surface area is 154 Å². The van der Waals surface area contributed by atoms with Gasteiger partial charge in [0.2, 0.25) is 11.1 Å². The van der Waals surface area contributed by atoms with Gasteiger partial charge in [-0.3, -0.25) is 9.59 Å². The Morgan fingerprint density at radius 3 is 2.72 bits per heavy atom. The molecular formula is C14H21N7O2S2. The first-order valence-electron chi connectivity index (χ1n) is 7.64. The summed E-state index contributed by atoms with van der Waals surface area (Å²) in [7, 11) is 3.35. The number of aryl methyl sites for hydroxylation is 2. The Kier molecular flexibility index (Phi) is 6.37. The molecule has 2 heterocycles. The third-order valence-electron chi connectivity index (χ3n) is 3.18. The van der Waals surface area contributed by atoms with Crippen molar-refractivity contribution in [2.75, 3.05) is 31.0 Å². The molecule has 2 aromatic rings. The molecule has 11 heteroatoms. The second kappa shape index (κ2) is 8.30. The van der Waals surface area contributed by atoms with E-state index >= 15 is 0 Å². The predicted molar refractivity (Wildman–Crippen MR) is 98.4 cm³/mol. The summed E-state index contributed by atoms with van der Waals surface area (Å²) in [4.78, 5) is 30.3. The highest BCUT2D eigenvalue weighted by atomic mass is 32.2. The smallest absolute Gasteiger partial charge is 0.265 e. The molecule has 0 spiro atoms. The highest BCUT2D eigenvalue weighted by Crippen LogP contribution is 2.24. The molecule has 25 heavy (non-hydrogen) atoms. The van der Waals surface area contributed by atoms with E-state index in [1.54, 1.807) is 21.0 Å². The minimum Gasteiger partial charge on any atom is -0.344 e. The Bertz CT molecular complexity index is 769. The van der Waals surface area contributed by atoms with Crippen LogP contribution in [0.5, 0.6) is 0 Å². The summed E-state index contributed by atoms with van der Waals surface area (Å²) < 4.78 is 1.41. The molecule has 2 rings (SSSR count). The largest absolute Gasteiger partial charge is 0.344 e. The molecule has 0 bridgehead atoms. The van der Waals surface area contributed by atoms with Crippen LogP contribution in [-0.4, -0.2) is 56.4 Å². The summed E-state index contributed by atoms with van der Waals surface area (Å²) in [6.07, 6.45) is 1.65. The molecule has 0 unspecified atom stereocenters. The number of hydrogen-bond acceptors (Lipinski definition) is 8. The zero-order valence-corrected chi connectivity index (χ0v) is 16.2. The molecular weight excluding hydrogens is 362 g/mol. The van der Waals surface area contributed by atoms with Gasteiger partial charge in [-0.15, -0.1) is 10.2 Å². The lowest BCUT2D eigenvalue weighted by Crippen LogP contribution is -2.21. The van der Waals surface area contributed by atoms with E-state index in [0.29, 0.717) is 26.7 Å². The summed E-state index contributed by atoms with van der Waals surface area (Å²) in [5, 5.41) is 11.6. The Morgan fingerprint density at radius 2 is 2.08 bits per heavy atom. The number of nitrogens with zero attached hydrogens (tertiary/aromatic N) is 5. The van der Waals surface area contributed by atoms with Crippen molar-refractivity contribution in [1.82, 2.24) is 24.8 Å². The van der Waals surface area contributed by atoms with Crippen molar-refractivity contribution >= 4 is 40.0 Å². The predicted octanol–water partition coefficient (Wildman–Crippen LogP) is 1.14. The van der Waals surface area contributed by atoms with Gasteiger partial charge in [-0.1, -0.05) is 30.0 Å². The number of nitrogens with one attached hydrogen (secondary N) is 1. The van der Waals surface area contributed by atoms with Crippen molar-refractivity contribution in [3.05, 3.63) is 16.4 Å². The molecule has 0 fully saturated rings. The highest BCUT2D eigenvalue weighted by molar-refractivity contribution is 7.99. The lowest BCUT2D eigenvalue weighted by Gasteiger charge is -2.07.